The van der Waals surface area contributed by atoms with Gasteiger partial charge >= 0.3 is 0 Å². The number of hydrogen-bond acceptors (Lipinski definition) is 4. The van der Waals surface area contributed by atoms with Crippen LogP contribution in [-0.4, -0.2) is 27.7 Å². The molecular formula is C18H19N3O2. The van der Waals surface area contributed by atoms with Crippen LogP contribution >= 0.6 is 0 Å². The lowest BCUT2D eigenvalue weighted by Crippen LogP contribution is -2.11. The van der Waals surface area contributed by atoms with Gasteiger partial charge in [0.1, 0.15) is 11.8 Å². The Hall–Kier alpha value is -2.56. The Labute approximate surface area is 134 Å². The van der Waals surface area contributed by atoms with E-state index in [1.54, 1.807) is 19.5 Å². The van der Waals surface area contributed by atoms with E-state index in [-0.39, 0.29) is 0 Å². The molecule has 4 rings (SSSR count). The number of fused-ring (bicyclic) bond motifs is 1. The molecule has 0 amide bonds. The molecule has 0 saturated heterocycles. The maximum absolute atomic E-state index is 6.18. The lowest BCUT2D eigenvalue weighted by atomic mass is 10.2. The maximum atomic E-state index is 6.18. The van der Waals surface area contributed by atoms with Gasteiger partial charge in [0, 0.05) is 12.3 Å². The zero-order valence-electron chi connectivity index (χ0n) is 13.1. The van der Waals surface area contributed by atoms with Crippen LogP contribution in [0.4, 0.5) is 0 Å². The minimum atomic E-state index is 0.294. The van der Waals surface area contributed by atoms with E-state index < -0.39 is 0 Å². The third-order valence-electron chi connectivity index (χ3n) is 4.37. The molecule has 1 fully saturated rings. The molecule has 2 heterocycles. The van der Waals surface area contributed by atoms with Crippen molar-refractivity contribution >= 4 is 11.0 Å². The molecule has 3 aromatic rings. The third kappa shape index (κ3) is 2.63. The fraction of sp³-hybridized carbons (Fsp3) is 0.333. The first kappa shape index (κ1) is 14.1. The van der Waals surface area contributed by atoms with E-state index in [0.717, 1.165) is 41.1 Å². The van der Waals surface area contributed by atoms with Crippen molar-refractivity contribution in [1.82, 2.24) is 14.5 Å². The molecule has 5 nitrogen and oxygen atoms in total. The average molecular weight is 309 g/mol. The summed E-state index contributed by atoms with van der Waals surface area (Å²) in [6.07, 6.45) is 10.4. The van der Waals surface area contributed by atoms with E-state index in [4.69, 9.17) is 9.47 Å². The average Bonchev–Trinajstić information content (AvgIpc) is 3.24. The summed E-state index contributed by atoms with van der Waals surface area (Å²) in [6.45, 7) is 0. The van der Waals surface area contributed by atoms with Gasteiger partial charge in [-0.05, 0) is 43.9 Å². The molecule has 0 unspecified atom stereocenters. The molecule has 23 heavy (non-hydrogen) atoms. The summed E-state index contributed by atoms with van der Waals surface area (Å²) in [5, 5.41) is 0. The Bertz CT molecular complexity index is 822. The second kappa shape index (κ2) is 5.91. The van der Waals surface area contributed by atoms with Crippen molar-refractivity contribution in [2.24, 2.45) is 0 Å². The fourth-order valence-electron chi connectivity index (χ4n) is 3.16. The highest BCUT2D eigenvalue weighted by molar-refractivity contribution is 5.76. The van der Waals surface area contributed by atoms with Crippen molar-refractivity contribution in [2.45, 2.75) is 31.8 Å². The van der Waals surface area contributed by atoms with E-state index in [1.807, 2.05) is 35.2 Å². The molecule has 1 saturated carbocycles. The van der Waals surface area contributed by atoms with E-state index in [2.05, 4.69) is 9.97 Å². The zero-order valence-corrected chi connectivity index (χ0v) is 13.1. The number of methoxy groups -OCH3 is 1. The van der Waals surface area contributed by atoms with Crippen LogP contribution in [0, 0.1) is 0 Å². The zero-order chi connectivity index (χ0) is 15.6. The van der Waals surface area contributed by atoms with Crippen molar-refractivity contribution in [3.05, 3.63) is 43.0 Å². The van der Waals surface area contributed by atoms with Crippen molar-refractivity contribution in [3.63, 3.8) is 0 Å². The number of aromatic nitrogens is 3. The van der Waals surface area contributed by atoms with Gasteiger partial charge in [-0.15, -0.1) is 0 Å². The Morgan fingerprint density at radius 2 is 2.00 bits per heavy atom. The van der Waals surface area contributed by atoms with Gasteiger partial charge < -0.3 is 9.47 Å². The first-order chi connectivity index (χ1) is 11.3. The molecule has 0 aliphatic heterocycles. The highest BCUT2D eigenvalue weighted by Gasteiger charge is 2.19. The molecule has 0 spiro atoms. The van der Waals surface area contributed by atoms with Crippen LogP contribution in [0.25, 0.3) is 16.7 Å². The van der Waals surface area contributed by atoms with Crippen LogP contribution in [0.15, 0.2) is 43.0 Å². The largest absolute Gasteiger partial charge is 0.493 e. The minimum Gasteiger partial charge on any atom is -0.493 e. The van der Waals surface area contributed by atoms with Gasteiger partial charge in [-0.25, -0.2) is 4.98 Å². The summed E-state index contributed by atoms with van der Waals surface area (Å²) in [6, 6.07) is 7.96. The summed E-state index contributed by atoms with van der Waals surface area (Å²) in [5.74, 6) is 1.57. The SMILES string of the molecule is COc1ccc(-n2cnc3cnccc32)cc1OC1CCCC1. The number of benzene rings is 1. The molecule has 118 valence electrons. The smallest absolute Gasteiger partial charge is 0.163 e. The molecule has 2 aromatic heterocycles. The van der Waals surface area contributed by atoms with Crippen LogP contribution < -0.4 is 9.47 Å². The molecule has 1 aliphatic carbocycles. The predicted octanol–water partition coefficient (Wildman–Crippen LogP) is 3.75. The fourth-order valence-corrected chi connectivity index (χ4v) is 3.16. The number of pyridine rings is 1. The number of ether oxygens (including phenoxy) is 2. The summed E-state index contributed by atoms with van der Waals surface area (Å²) in [4.78, 5) is 8.51. The Morgan fingerprint density at radius 1 is 1.13 bits per heavy atom. The molecule has 0 bridgehead atoms. The summed E-state index contributed by atoms with van der Waals surface area (Å²) >= 11 is 0. The van der Waals surface area contributed by atoms with E-state index in [0.29, 0.717) is 6.10 Å². The van der Waals surface area contributed by atoms with Crippen molar-refractivity contribution in [1.29, 1.82) is 0 Å². The second-order valence-corrected chi connectivity index (χ2v) is 5.84. The summed E-state index contributed by atoms with van der Waals surface area (Å²) in [7, 11) is 1.68. The van der Waals surface area contributed by atoms with Crippen LogP contribution in [-0.2, 0) is 0 Å². The first-order valence-electron chi connectivity index (χ1n) is 7.97. The van der Waals surface area contributed by atoms with E-state index >= 15 is 0 Å². The number of imidazole rings is 1. The van der Waals surface area contributed by atoms with Gasteiger partial charge in [-0.1, -0.05) is 0 Å². The molecule has 1 aromatic carbocycles. The lowest BCUT2D eigenvalue weighted by molar-refractivity contribution is 0.201. The molecule has 0 atom stereocenters. The molecule has 1 aliphatic rings. The van der Waals surface area contributed by atoms with Crippen molar-refractivity contribution < 1.29 is 9.47 Å². The monoisotopic (exact) mass is 309 g/mol. The Kier molecular flexibility index (Phi) is 3.61. The van der Waals surface area contributed by atoms with Crippen LogP contribution in [0.1, 0.15) is 25.7 Å². The number of hydrogen-bond donors (Lipinski definition) is 0. The minimum absolute atomic E-state index is 0.294. The van der Waals surface area contributed by atoms with E-state index in [9.17, 15) is 0 Å². The van der Waals surface area contributed by atoms with Crippen LogP contribution in [0.2, 0.25) is 0 Å². The van der Waals surface area contributed by atoms with Crippen molar-refractivity contribution in [2.75, 3.05) is 7.11 Å². The molecule has 0 N–H and O–H groups in total. The van der Waals surface area contributed by atoms with Gasteiger partial charge in [0.2, 0.25) is 0 Å². The number of rotatable bonds is 4. The topological polar surface area (TPSA) is 49.2 Å². The summed E-state index contributed by atoms with van der Waals surface area (Å²) < 4.78 is 13.7. The quantitative estimate of drug-likeness (QED) is 0.736. The Morgan fingerprint density at radius 3 is 2.83 bits per heavy atom. The van der Waals surface area contributed by atoms with Crippen LogP contribution in [0.5, 0.6) is 11.5 Å². The molecule has 5 heteroatoms. The van der Waals surface area contributed by atoms with Gasteiger partial charge in [-0.2, -0.15) is 0 Å². The highest BCUT2D eigenvalue weighted by Crippen LogP contribution is 2.34. The van der Waals surface area contributed by atoms with Gasteiger partial charge in [-0.3, -0.25) is 9.55 Å². The van der Waals surface area contributed by atoms with Gasteiger partial charge in [0.05, 0.1) is 30.6 Å². The maximum Gasteiger partial charge on any atom is 0.163 e. The highest BCUT2D eigenvalue weighted by atomic mass is 16.5. The summed E-state index contributed by atoms with van der Waals surface area (Å²) in [5.41, 5.74) is 2.91. The van der Waals surface area contributed by atoms with Gasteiger partial charge in [0.15, 0.2) is 11.5 Å². The molecular weight excluding hydrogens is 290 g/mol. The van der Waals surface area contributed by atoms with Gasteiger partial charge in [0.25, 0.3) is 0 Å². The van der Waals surface area contributed by atoms with Crippen molar-refractivity contribution in [3.8, 4) is 17.2 Å². The predicted molar refractivity (Wildman–Crippen MR) is 88.3 cm³/mol. The second-order valence-electron chi connectivity index (χ2n) is 5.84. The van der Waals surface area contributed by atoms with Crippen LogP contribution in [0.3, 0.4) is 0 Å². The normalized spacial score (nSPS) is 15.2. The Balaban J connectivity index is 1.74. The first-order valence-corrected chi connectivity index (χ1v) is 7.97. The lowest BCUT2D eigenvalue weighted by Gasteiger charge is -2.17. The number of nitrogens with zero attached hydrogens (tertiary/aromatic N) is 3. The molecule has 0 radical (unpaired) electrons. The third-order valence-corrected chi connectivity index (χ3v) is 4.37. The van der Waals surface area contributed by atoms with E-state index in [1.165, 1.54) is 12.8 Å². The standard InChI is InChI=1S/C18H19N3O2/c1-22-17-7-6-13(10-18(17)23-14-4-2-3-5-14)21-12-20-15-11-19-9-8-16(15)21/h6-12,14H,2-5H2,1H3.